The van der Waals surface area contributed by atoms with Crippen molar-refractivity contribution in [3.63, 3.8) is 0 Å². The van der Waals surface area contributed by atoms with Crippen LogP contribution in [0.2, 0.25) is 0 Å². The molecule has 0 spiro atoms. The minimum Gasteiger partial charge on any atom is -0.389 e. The molecule has 9 atom stereocenters. The van der Waals surface area contributed by atoms with Gasteiger partial charge in [0.25, 0.3) is 0 Å². The zero-order valence-electron chi connectivity index (χ0n) is 19.7. The summed E-state index contributed by atoms with van der Waals surface area (Å²) in [6.07, 6.45) is 13.8. The van der Waals surface area contributed by atoms with Crippen LogP contribution in [0.25, 0.3) is 0 Å². The van der Waals surface area contributed by atoms with Gasteiger partial charge in [-0.05, 0) is 96.9 Å². The second-order valence-corrected chi connectivity index (χ2v) is 12.3. The van der Waals surface area contributed by atoms with Crippen LogP contribution in [-0.4, -0.2) is 22.4 Å². The fraction of sp³-hybridized carbons (Fsp3) is 0.926. The van der Waals surface area contributed by atoms with Gasteiger partial charge in [-0.1, -0.05) is 60.0 Å². The van der Waals surface area contributed by atoms with E-state index in [1.54, 1.807) is 0 Å². The van der Waals surface area contributed by atoms with Crippen molar-refractivity contribution in [2.75, 3.05) is 0 Å². The molecule has 0 aliphatic heterocycles. The molecule has 0 aromatic heterocycles. The maximum Gasteiger partial charge on any atom is 0.0759 e. The normalized spacial score (nSPS) is 47.9. The predicted octanol–water partition coefficient (Wildman–Crippen LogP) is 6.36. The van der Waals surface area contributed by atoms with E-state index in [1.807, 2.05) is 6.08 Å². The average molecular weight is 403 g/mol. The van der Waals surface area contributed by atoms with Crippen LogP contribution in [0.1, 0.15) is 98.8 Å². The molecule has 0 heterocycles. The summed E-state index contributed by atoms with van der Waals surface area (Å²) in [6.45, 7) is 12.3. The highest BCUT2D eigenvalue weighted by Gasteiger charge is 2.60. The summed E-state index contributed by atoms with van der Waals surface area (Å²) >= 11 is 0. The summed E-state index contributed by atoms with van der Waals surface area (Å²) in [4.78, 5) is 0. The first kappa shape index (κ1) is 21.9. The van der Waals surface area contributed by atoms with Crippen molar-refractivity contribution in [1.82, 2.24) is 0 Å². The van der Waals surface area contributed by atoms with Crippen LogP contribution in [0, 0.1) is 46.3 Å². The lowest BCUT2D eigenvalue weighted by atomic mass is 9.46. The lowest BCUT2D eigenvalue weighted by Crippen LogP contribution is -2.54. The largest absolute Gasteiger partial charge is 0.389 e. The molecule has 7 unspecified atom stereocenters. The van der Waals surface area contributed by atoms with Gasteiger partial charge in [0.15, 0.2) is 0 Å². The summed E-state index contributed by atoms with van der Waals surface area (Å²) in [6, 6.07) is 0. The van der Waals surface area contributed by atoms with E-state index >= 15 is 0 Å². The molecular weight excluding hydrogens is 356 g/mol. The SMILES string of the molecule is CC(C)CCCC(C)C1CCC2C3C[C@@H](O)C4=C[C@H](O)CCC4(C)C3CCC12C. The Morgan fingerprint density at radius 1 is 0.966 bits per heavy atom. The van der Waals surface area contributed by atoms with Crippen LogP contribution in [0.5, 0.6) is 0 Å². The fourth-order valence-electron chi connectivity index (χ4n) is 8.78. The van der Waals surface area contributed by atoms with Gasteiger partial charge in [-0.3, -0.25) is 0 Å². The maximum absolute atomic E-state index is 11.1. The van der Waals surface area contributed by atoms with Gasteiger partial charge in [0.1, 0.15) is 0 Å². The van der Waals surface area contributed by atoms with Gasteiger partial charge in [0.2, 0.25) is 0 Å². The molecule has 0 amide bonds. The number of hydrogen-bond acceptors (Lipinski definition) is 2. The molecule has 3 fully saturated rings. The average Bonchev–Trinajstić information content (AvgIpc) is 3.00. The first-order valence-electron chi connectivity index (χ1n) is 12.7. The van der Waals surface area contributed by atoms with Crippen molar-refractivity contribution in [1.29, 1.82) is 0 Å². The fourth-order valence-corrected chi connectivity index (χ4v) is 8.78. The van der Waals surface area contributed by atoms with E-state index < -0.39 is 0 Å². The number of hydrogen-bond donors (Lipinski definition) is 2. The molecule has 0 aromatic carbocycles. The van der Waals surface area contributed by atoms with E-state index in [-0.39, 0.29) is 17.6 Å². The first-order chi connectivity index (χ1) is 13.7. The van der Waals surface area contributed by atoms with Crippen molar-refractivity contribution in [2.24, 2.45) is 46.3 Å². The van der Waals surface area contributed by atoms with Crippen molar-refractivity contribution in [3.8, 4) is 0 Å². The molecule has 0 radical (unpaired) electrons. The van der Waals surface area contributed by atoms with E-state index in [0.717, 1.165) is 42.9 Å². The number of aliphatic hydroxyl groups is 2. The van der Waals surface area contributed by atoms with Gasteiger partial charge < -0.3 is 10.2 Å². The lowest BCUT2D eigenvalue weighted by Gasteiger charge is -2.60. The molecule has 4 aliphatic carbocycles. The third-order valence-corrected chi connectivity index (χ3v) is 10.3. The molecule has 2 nitrogen and oxygen atoms in total. The minimum atomic E-state index is -0.347. The third-order valence-electron chi connectivity index (χ3n) is 10.3. The Labute approximate surface area is 179 Å². The Hall–Kier alpha value is -0.340. The molecule has 0 bridgehead atoms. The van der Waals surface area contributed by atoms with E-state index in [9.17, 15) is 10.2 Å². The summed E-state index contributed by atoms with van der Waals surface area (Å²) < 4.78 is 0. The zero-order chi connectivity index (χ0) is 21.0. The van der Waals surface area contributed by atoms with Crippen LogP contribution in [0.15, 0.2) is 11.6 Å². The molecule has 166 valence electrons. The molecule has 3 saturated carbocycles. The highest BCUT2D eigenvalue weighted by atomic mass is 16.3. The van der Waals surface area contributed by atoms with Crippen molar-refractivity contribution < 1.29 is 10.2 Å². The van der Waals surface area contributed by atoms with Crippen molar-refractivity contribution in [3.05, 3.63) is 11.6 Å². The van der Waals surface area contributed by atoms with Crippen molar-refractivity contribution >= 4 is 0 Å². The number of aliphatic hydroxyl groups excluding tert-OH is 2. The van der Waals surface area contributed by atoms with Crippen LogP contribution < -0.4 is 0 Å². The number of fused-ring (bicyclic) bond motifs is 5. The summed E-state index contributed by atoms with van der Waals surface area (Å²) in [5.41, 5.74) is 1.77. The zero-order valence-corrected chi connectivity index (χ0v) is 19.7. The van der Waals surface area contributed by atoms with Crippen LogP contribution in [-0.2, 0) is 0 Å². The minimum absolute atomic E-state index is 0.115. The Morgan fingerprint density at radius 3 is 2.45 bits per heavy atom. The standard InChI is InChI=1S/C27H46O2/c1-17(2)7-6-8-18(3)21-9-10-22-20-16-25(29)24-15-19(28)11-13-27(24,5)23(20)12-14-26(21,22)4/h15,17-23,25,28-29H,6-14,16H2,1-5H3/t18?,19-,20?,21?,22?,23?,25-,26?,27?/m1/s1. The Morgan fingerprint density at radius 2 is 1.72 bits per heavy atom. The second kappa shape index (κ2) is 7.97. The highest BCUT2D eigenvalue weighted by molar-refractivity contribution is 5.29. The van der Waals surface area contributed by atoms with E-state index in [4.69, 9.17) is 0 Å². The van der Waals surface area contributed by atoms with Gasteiger partial charge in [0.05, 0.1) is 12.2 Å². The second-order valence-electron chi connectivity index (χ2n) is 12.3. The highest BCUT2D eigenvalue weighted by Crippen LogP contribution is 2.67. The smallest absolute Gasteiger partial charge is 0.0759 e. The Bertz CT molecular complexity index is 624. The molecule has 4 aliphatic rings. The molecule has 2 heteroatoms. The van der Waals surface area contributed by atoms with Gasteiger partial charge >= 0.3 is 0 Å². The maximum atomic E-state index is 11.1. The van der Waals surface area contributed by atoms with Crippen molar-refractivity contribution in [2.45, 2.75) is 111 Å². The van der Waals surface area contributed by atoms with E-state index in [1.165, 1.54) is 50.5 Å². The van der Waals surface area contributed by atoms with Crippen LogP contribution in [0.4, 0.5) is 0 Å². The summed E-state index contributed by atoms with van der Waals surface area (Å²) in [7, 11) is 0. The monoisotopic (exact) mass is 402 g/mol. The Balaban J connectivity index is 1.52. The first-order valence-corrected chi connectivity index (χ1v) is 12.7. The molecular formula is C27H46O2. The molecule has 2 N–H and O–H groups in total. The molecule has 0 aromatic rings. The van der Waals surface area contributed by atoms with Crippen LogP contribution in [0.3, 0.4) is 0 Å². The number of rotatable bonds is 5. The van der Waals surface area contributed by atoms with Gasteiger partial charge in [-0.15, -0.1) is 0 Å². The molecule has 0 saturated heterocycles. The lowest BCUT2D eigenvalue weighted by molar-refractivity contribution is -0.0874. The van der Waals surface area contributed by atoms with E-state index in [0.29, 0.717) is 17.3 Å². The predicted molar refractivity (Wildman–Crippen MR) is 120 cm³/mol. The summed E-state index contributed by atoms with van der Waals surface area (Å²) in [5.74, 6) is 4.70. The molecule has 4 rings (SSSR count). The quantitative estimate of drug-likeness (QED) is 0.525. The Kier molecular flexibility index (Phi) is 6.01. The topological polar surface area (TPSA) is 40.5 Å². The van der Waals surface area contributed by atoms with Gasteiger partial charge in [-0.25, -0.2) is 0 Å². The third kappa shape index (κ3) is 3.65. The van der Waals surface area contributed by atoms with Gasteiger partial charge in [-0.2, -0.15) is 0 Å². The molecule has 29 heavy (non-hydrogen) atoms. The summed E-state index contributed by atoms with van der Waals surface area (Å²) in [5, 5.41) is 21.3. The van der Waals surface area contributed by atoms with Crippen LogP contribution >= 0.6 is 0 Å². The van der Waals surface area contributed by atoms with Gasteiger partial charge in [0, 0.05) is 0 Å². The van der Waals surface area contributed by atoms with E-state index in [2.05, 4.69) is 34.6 Å².